The molecule has 0 saturated carbocycles. The van der Waals surface area contributed by atoms with Crippen molar-refractivity contribution in [3.8, 4) is 0 Å². The number of carbonyl (C=O) groups excluding carboxylic acids is 1. The van der Waals surface area contributed by atoms with Crippen molar-refractivity contribution >= 4 is 16.9 Å². The molecule has 3 rings (SSSR count). The number of hydrogen-bond donors (Lipinski definition) is 0. The number of hydrogen-bond acceptors (Lipinski definition) is 3. The molecule has 0 bridgehead atoms. The number of aromatic nitrogens is 3. The monoisotopic (exact) mass is 312 g/mol. The van der Waals surface area contributed by atoms with E-state index in [-0.39, 0.29) is 25.4 Å². The molecule has 1 saturated heterocycles. The second kappa shape index (κ2) is 5.58. The normalized spacial score (nSPS) is 19.6. The highest BCUT2D eigenvalue weighted by atomic mass is 19.4. The van der Waals surface area contributed by atoms with Gasteiger partial charge in [0, 0.05) is 13.1 Å². The zero-order valence-electron chi connectivity index (χ0n) is 11.8. The van der Waals surface area contributed by atoms with Gasteiger partial charge in [0.15, 0.2) is 0 Å². The van der Waals surface area contributed by atoms with Crippen LogP contribution in [0.25, 0.3) is 11.0 Å². The first-order chi connectivity index (χ1) is 10.4. The molecule has 1 aromatic heterocycles. The van der Waals surface area contributed by atoms with Crippen molar-refractivity contribution in [3.05, 3.63) is 24.3 Å². The van der Waals surface area contributed by atoms with Gasteiger partial charge in [0.25, 0.3) is 0 Å². The molecule has 5 nitrogen and oxygen atoms in total. The predicted octanol–water partition coefficient (Wildman–Crippen LogP) is 2.23. The maximum absolute atomic E-state index is 12.8. The fourth-order valence-corrected chi connectivity index (χ4v) is 2.73. The highest BCUT2D eigenvalue weighted by Gasteiger charge is 2.42. The summed E-state index contributed by atoms with van der Waals surface area (Å²) in [5.74, 6) is -1.79. The van der Waals surface area contributed by atoms with Crippen LogP contribution in [0.5, 0.6) is 0 Å². The van der Waals surface area contributed by atoms with E-state index in [0.717, 1.165) is 0 Å². The van der Waals surface area contributed by atoms with E-state index in [2.05, 4.69) is 10.3 Å². The van der Waals surface area contributed by atoms with E-state index in [1.165, 1.54) is 9.58 Å². The van der Waals surface area contributed by atoms with Gasteiger partial charge in [-0.15, -0.1) is 5.10 Å². The molecular formula is C14H15F3N4O. The molecule has 0 unspecified atom stereocenters. The van der Waals surface area contributed by atoms with E-state index in [4.69, 9.17) is 0 Å². The quantitative estimate of drug-likeness (QED) is 0.854. The Morgan fingerprint density at radius 2 is 2.09 bits per heavy atom. The second-order valence-electron chi connectivity index (χ2n) is 5.46. The van der Waals surface area contributed by atoms with Crippen LogP contribution < -0.4 is 0 Å². The first-order valence-corrected chi connectivity index (χ1v) is 7.08. The van der Waals surface area contributed by atoms with Crippen molar-refractivity contribution < 1.29 is 18.0 Å². The Morgan fingerprint density at radius 3 is 2.86 bits per heavy atom. The number of alkyl halides is 3. The maximum Gasteiger partial charge on any atom is 0.393 e. The van der Waals surface area contributed by atoms with E-state index < -0.39 is 12.1 Å². The largest absolute Gasteiger partial charge is 0.393 e. The van der Waals surface area contributed by atoms with Gasteiger partial charge in [-0.3, -0.25) is 4.79 Å². The van der Waals surface area contributed by atoms with Crippen LogP contribution in [0.4, 0.5) is 13.2 Å². The van der Waals surface area contributed by atoms with Crippen molar-refractivity contribution in [2.45, 2.75) is 25.6 Å². The summed E-state index contributed by atoms with van der Waals surface area (Å²) in [6, 6.07) is 7.15. The highest BCUT2D eigenvalue weighted by molar-refractivity contribution is 5.79. The summed E-state index contributed by atoms with van der Waals surface area (Å²) in [5, 5.41) is 7.83. The number of piperidine rings is 1. The Morgan fingerprint density at radius 1 is 1.32 bits per heavy atom. The number of amides is 1. The fourth-order valence-electron chi connectivity index (χ4n) is 2.73. The van der Waals surface area contributed by atoms with E-state index >= 15 is 0 Å². The fraction of sp³-hybridized carbons (Fsp3) is 0.500. The molecule has 1 amide bonds. The SMILES string of the molecule is O=C(Cn1nnc2ccccc21)N1CCC[C@@H](C(F)(F)F)C1. The van der Waals surface area contributed by atoms with Crippen molar-refractivity contribution in [1.29, 1.82) is 0 Å². The number of carbonyl (C=O) groups is 1. The zero-order chi connectivity index (χ0) is 15.7. The van der Waals surface area contributed by atoms with Crippen LogP contribution in [-0.2, 0) is 11.3 Å². The standard InChI is InChI=1S/C14H15F3N4O/c15-14(16,17)10-4-3-7-20(8-10)13(22)9-21-12-6-2-1-5-11(12)18-19-21/h1-2,5-6,10H,3-4,7-9H2/t10-/m1/s1. The lowest BCUT2D eigenvalue weighted by Gasteiger charge is -2.33. The van der Waals surface area contributed by atoms with Crippen LogP contribution in [0.1, 0.15) is 12.8 Å². The van der Waals surface area contributed by atoms with Crippen molar-refractivity contribution in [3.63, 3.8) is 0 Å². The van der Waals surface area contributed by atoms with Crippen molar-refractivity contribution in [1.82, 2.24) is 19.9 Å². The molecule has 1 aliphatic rings. The third kappa shape index (κ3) is 2.90. The molecule has 22 heavy (non-hydrogen) atoms. The van der Waals surface area contributed by atoms with Gasteiger partial charge in [-0.25, -0.2) is 4.68 Å². The number of rotatable bonds is 2. The van der Waals surface area contributed by atoms with Crippen LogP contribution in [0.15, 0.2) is 24.3 Å². The highest BCUT2D eigenvalue weighted by Crippen LogP contribution is 2.33. The van der Waals surface area contributed by atoms with Gasteiger partial charge in [0.1, 0.15) is 12.1 Å². The topological polar surface area (TPSA) is 51.0 Å². The van der Waals surface area contributed by atoms with E-state index in [9.17, 15) is 18.0 Å². The first kappa shape index (κ1) is 14.8. The predicted molar refractivity (Wildman–Crippen MR) is 72.9 cm³/mol. The molecule has 2 heterocycles. The molecular weight excluding hydrogens is 297 g/mol. The molecule has 1 fully saturated rings. The molecule has 118 valence electrons. The van der Waals surface area contributed by atoms with Crippen molar-refractivity contribution in [2.24, 2.45) is 5.92 Å². The number of benzene rings is 1. The van der Waals surface area contributed by atoms with Gasteiger partial charge in [-0.05, 0) is 25.0 Å². The number of halogens is 3. The average molecular weight is 312 g/mol. The van der Waals surface area contributed by atoms with Crippen LogP contribution in [0, 0.1) is 5.92 Å². The molecule has 0 spiro atoms. The van der Waals surface area contributed by atoms with Gasteiger partial charge in [-0.2, -0.15) is 13.2 Å². The van der Waals surface area contributed by atoms with Gasteiger partial charge in [0.2, 0.25) is 5.91 Å². The summed E-state index contributed by atoms with van der Waals surface area (Å²) in [4.78, 5) is 13.5. The van der Waals surface area contributed by atoms with E-state index in [0.29, 0.717) is 24.0 Å². The molecule has 2 aromatic rings. The minimum absolute atomic E-state index is 0.0829. The van der Waals surface area contributed by atoms with Gasteiger partial charge in [-0.1, -0.05) is 17.3 Å². The van der Waals surface area contributed by atoms with Crippen molar-refractivity contribution in [2.75, 3.05) is 13.1 Å². The van der Waals surface area contributed by atoms with Crippen LogP contribution in [-0.4, -0.2) is 45.1 Å². The molecule has 1 aromatic carbocycles. The Balaban J connectivity index is 1.71. The smallest absolute Gasteiger partial charge is 0.340 e. The lowest BCUT2D eigenvalue weighted by Crippen LogP contribution is -2.45. The summed E-state index contributed by atoms with van der Waals surface area (Å²) in [7, 11) is 0. The Bertz CT molecular complexity index is 682. The maximum atomic E-state index is 12.8. The second-order valence-corrected chi connectivity index (χ2v) is 5.46. The zero-order valence-corrected chi connectivity index (χ0v) is 11.8. The van der Waals surface area contributed by atoms with Crippen LogP contribution >= 0.6 is 0 Å². The third-order valence-electron chi connectivity index (χ3n) is 3.94. The molecule has 0 radical (unpaired) electrons. The Kier molecular flexibility index (Phi) is 3.76. The lowest BCUT2D eigenvalue weighted by atomic mass is 9.97. The van der Waals surface area contributed by atoms with E-state index in [1.807, 2.05) is 6.07 Å². The summed E-state index contributed by atoms with van der Waals surface area (Å²) in [6.07, 6.45) is -3.80. The summed E-state index contributed by atoms with van der Waals surface area (Å²) >= 11 is 0. The molecule has 0 aliphatic carbocycles. The number of nitrogens with zero attached hydrogens (tertiary/aromatic N) is 4. The molecule has 0 N–H and O–H groups in total. The molecule has 1 aliphatic heterocycles. The average Bonchev–Trinajstić information content (AvgIpc) is 2.90. The lowest BCUT2D eigenvalue weighted by molar-refractivity contribution is -0.188. The van der Waals surface area contributed by atoms with Gasteiger partial charge < -0.3 is 4.90 Å². The Hall–Kier alpha value is -2.12. The number of fused-ring (bicyclic) bond motifs is 1. The van der Waals surface area contributed by atoms with Crippen LogP contribution in [0.3, 0.4) is 0 Å². The van der Waals surface area contributed by atoms with E-state index in [1.54, 1.807) is 18.2 Å². The Labute approximate surface area is 124 Å². The van der Waals surface area contributed by atoms with Gasteiger partial charge >= 0.3 is 6.18 Å². The van der Waals surface area contributed by atoms with Crippen LogP contribution in [0.2, 0.25) is 0 Å². The minimum Gasteiger partial charge on any atom is -0.340 e. The molecule has 1 atom stereocenters. The number of para-hydroxylation sites is 1. The van der Waals surface area contributed by atoms with Gasteiger partial charge in [0.05, 0.1) is 11.4 Å². The summed E-state index contributed by atoms with van der Waals surface area (Å²) < 4.78 is 39.8. The third-order valence-corrected chi connectivity index (χ3v) is 3.94. The first-order valence-electron chi connectivity index (χ1n) is 7.08. The number of likely N-dealkylation sites (tertiary alicyclic amines) is 1. The summed E-state index contributed by atoms with van der Waals surface area (Å²) in [5.41, 5.74) is 1.35. The minimum atomic E-state index is -4.25. The summed E-state index contributed by atoms with van der Waals surface area (Å²) in [6.45, 7) is -0.00189. The molecule has 8 heteroatoms.